The lowest BCUT2D eigenvalue weighted by molar-refractivity contribution is 0.0207. The van der Waals surface area contributed by atoms with Crippen molar-refractivity contribution in [2.45, 2.75) is 59.1 Å². The van der Waals surface area contributed by atoms with Gasteiger partial charge in [-0.3, -0.25) is 0 Å². The minimum absolute atomic E-state index is 0.448. The third kappa shape index (κ3) is 6.31. The maximum atomic E-state index is 12.3. The summed E-state index contributed by atoms with van der Waals surface area (Å²) in [6.45, 7) is 8.39. The molecule has 0 aliphatic rings. The van der Waals surface area contributed by atoms with E-state index in [4.69, 9.17) is 14.5 Å². The molecule has 6 heteroatoms. The van der Waals surface area contributed by atoms with Gasteiger partial charge >= 0.3 is 6.16 Å². The summed E-state index contributed by atoms with van der Waals surface area (Å²) in [7, 11) is 0. The van der Waals surface area contributed by atoms with Crippen LogP contribution in [0.1, 0.15) is 51.9 Å². The fourth-order valence-corrected chi connectivity index (χ4v) is 4.32. The zero-order valence-electron chi connectivity index (χ0n) is 20.7. The zero-order chi connectivity index (χ0) is 25.0. The van der Waals surface area contributed by atoms with Crippen molar-refractivity contribution in [1.82, 2.24) is 9.55 Å². The van der Waals surface area contributed by atoms with Gasteiger partial charge in [-0.25, -0.2) is 9.78 Å². The number of halogens is 1. The summed E-state index contributed by atoms with van der Waals surface area (Å²) in [5, 5.41) is 0. The topological polar surface area (TPSA) is 53.4 Å². The molecule has 0 saturated heterocycles. The van der Waals surface area contributed by atoms with Crippen LogP contribution in [0.15, 0.2) is 71.2 Å². The van der Waals surface area contributed by atoms with Crippen molar-refractivity contribution in [3.05, 3.63) is 82.6 Å². The number of benzene rings is 3. The van der Waals surface area contributed by atoms with Gasteiger partial charge in [0.25, 0.3) is 0 Å². The summed E-state index contributed by atoms with van der Waals surface area (Å²) >= 11 is 3.47. The summed E-state index contributed by atoms with van der Waals surface area (Å²) in [5.41, 5.74) is 4.53. The first-order chi connectivity index (χ1) is 16.7. The molecule has 0 aliphatic heterocycles. The SMILES string of the molecule is CCCCc1nc2ccccc2n1Cc1ccc(-c2ccc(Br)cc2OC(=O)OC(C)(C)C)cc1. The smallest absolute Gasteiger partial charge is 0.428 e. The zero-order valence-corrected chi connectivity index (χ0v) is 22.3. The Morgan fingerprint density at radius 1 is 1.03 bits per heavy atom. The molecule has 0 unspecified atom stereocenters. The Balaban J connectivity index is 1.59. The number of imidazole rings is 1. The van der Waals surface area contributed by atoms with E-state index in [1.165, 1.54) is 5.56 Å². The first-order valence-electron chi connectivity index (χ1n) is 12.0. The molecule has 0 N–H and O–H groups in total. The minimum Gasteiger partial charge on any atom is -0.428 e. The number of para-hydroxylation sites is 2. The normalized spacial score (nSPS) is 11.6. The monoisotopic (exact) mass is 534 g/mol. The standard InChI is InChI=1S/C29H31BrN2O3/c1-5-6-11-27-31-24-9-7-8-10-25(24)32(27)19-20-12-14-21(15-13-20)23-17-16-22(30)18-26(23)34-28(33)35-29(2,3)4/h7-10,12-18H,5-6,11,19H2,1-4H3. The van der Waals surface area contributed by atoms with Gasteiger partial charge < -0.3 is 14.0 Å². The molecule has 35 heavy (non-hydrogen) atoms. The molecule has 0 atom stereocenters. The van der Waals surface area contributed by atoms with Crippen LogP contribution < -0.4 is 4.74 Å². The van der Waals surface area contributed by atoms with Gasteiger partial charge in [0.2, 0.25) is 0 Å². The molecule has 0 spiro atoms. The van der Waals surface area contributed by atoms with Gasteiger partial charge in [0.15, 0.2) is 0 Å². The second-order valence-electron chi connectivity index (χ2n) is 9.61. The lowest BCUT2D eigenvalue weighted by atomic mass is 10.0. The predicted molar refractivity (Wildman–Crippen MR) is 144 cm³/mol. The van der Waals surface area contributed by atoms with Crippen molar-refractivity contribution in [3.8, 4) is 16.9 Å². The van der Waals surface area contributed by atoms with Crippen LogP contribution >= 0.6 is 15.9 Å². The number of ether oxygens (including phenoxy) is 2. The Hall–Kier alpha value is -3.12. The summed E-state index contributed by atoms with van der Waals surface area (Å²) in [6, 6.07) is 22.3. The number of fused-ring (bicyclic) bond motifs is 1. The van der Waals surface area contributed by atoms with Crippen molar-refractivity contribution in [2.24, 2.45) is 0 Å². The highest BCUT2D eigenvalue weighted by Crippen LogP contribution is 2.34. The molecule has 0 bridgehead atoms. The molecule has 0 aliphatic carbocycles. The molecule has 0 radical (unpaired) electrons. The fourth-order valence-electron chi connectivity index (χ4n) is 3.98. The maximum absolute atomic E-state index is 12.3. The van der Waals surface area contributed by atoms with E-state index in [1.54, 1.807) is 6.07 Å². The molecule has 1 aromatic heterocycles. The third-order valence-corrected chi connectivity index (χ3v) is 6.11. The van der Waals surface area contributed by atoms with Crippen LogP contribution in [0.3, 0.4) is 0 Å². The number of carbonyl (C=O) groups is 1. The van der Waals surface area contributed by atoms with E-state index in [0.717, 1.165) is 58.3 Å². The van der Waals surface area contributed by atoms with E-state index < -0.39 is 11.8 Å². The Bertz CT molecular complexity index is 1320. The molecule has 4 rings (SSSR count). The number of carbonyl (C=O) groups excluding carboxylic acids is 1. The summed E-state index contributed by atoms with van der Waals surface area (Å²) in [6.07, 6.45) is 2.50. The number of rotatable bonds is 7. The van der Waals surface area contributed by atoms with Crippen LogP contribution in [0.25, 0.3) is 22.2 Å². The molecule has 1 heterocycles. The highest BCUT2D eigenvalue weighted by molar-refractivity contribution is 9.10. The first kappa shape index (κ1) is 25.0. The number of unbranched alkanes of at least 4 members (excludes halogenated alkanes) is 1. The van der Waals surface area contributed by atoms with Crippen LogP contribution in [0, 0.1) is 0 Å². The highest BCUT2D eigenvalue weighted by atomic mass is 79.9. The summed E-state index contributed by atoms with van der Waals surface area (Å²) in [4.78, 5) is 17.2. The molecule has 0 amide bonds. The van der Waals surface area contributed by atoms with Crippen LogP contribution in [-0.4, -0.2) is 21.3 Å². The van der Waals surface area contributed by atoms with Gasteiger partial charge in [-0.05, 0) is 68.7 Å². The van der Waals surface area contributed by atoms with Crippen molar-refractivity contribution in [2.75, 3.05) is 0 Å². The Labute approximate surface area is 215 Å². The molecule has 0 fully saturated rings. The first-order valence-corrected chi connectivity index (χ1v) is 12.8. The van der Waals surface area contributed by atoms with E-state index in [9.17, 15) is 4.79 Å². The summed E-state index contributed by atoms with van der Waals surface area (Å²) in [5.74, 6) is 1.57. The van der Waals surface area contributed by atoms with E-state index >= 15 is 0 Å². The average Bonchev–Trinajstić information content (AvgIpc) is 3.14. The van der Waals surface area contributed by atoms with Crippen molar-refractivity contribution < 1.29 is 14.3 Å². The molecule has 182 valence electrons. The lowest BCUT2D eigenvalue weighted by Gasteiger charge is -2.19. The quantitative estimate of drug-likeness (QED) is 0.177. The van der Waals surface area contributed by atoms with Gasteiger partial charge in [-0.1, -0.05) is 65.7 Å². The minimum atomic E-state index is -0.722. The van der Waals surface area contributed by atoms with Crippen molar-refractivity contribution in [3.63, 3.8) is 0 Å². The molecule has 4 aromatic rings. The predicted octanol–water partition coefficient (Wildman–Crippen LogP) is 8.17. The van der Waals surface area contributed by atoms with Crippen molar-refractivity contribution >= 4 is 33.1 Å². The Kier molecular flexibility index (Phi) is 7.60. The van der Waals surface area contributed by atoms with E-state index in [2.05, 4.69) is 69.9 Å². The molecular formula is C29H31BrN2O3. The molecular weight excluding hydrogens is 504 g/mol. The average molecular weight is 535 g/mol. The second kappa shape index (κ2) is 10.6. The molecule has 3 aromatic carbocycles. The Morgan fingerprint density at radius 3 is 2.49 bits per heavy atom. The van der Waals surface area contributed by atoms with Gasteiger partial charge in [0, 0.05) is 23.0 Å². The molecule has 5 nitrogen and oxygen atoms in total. The van der Waals surface area contributed by atoms with E-state index in [0.29, 0.717) is 5.75 Å². The number of aryl methyl sites for hydroxylation is 1. The molecule has 0 saturated carbocycles. The lowest BCUT2D eigenvalue weighted by Crippen LogP contribution is -2.26. The number of nitrogens with zero attached hydrogens (tertiary/aromatic N) is 2. The van der Waals surface area contributed by atoms with E-state index in [-0.39, 0.29) is 0 Å². The van der Waals surface area contributed by atoms with Crippen LogP contribution in [0.5, 0.6) is 5.75 Å². The van der Waals surface area contributed by atoms with Crippen LogP contribution in [0.4, 0.5) is 4.79 Å². The second-order valence-corrected chi connectivity index (χ2v) is 10.5. The third-order valence-electron chi connectivity index (χ3n) is 5.62. The van der Waals surface area contributed by atoms with E-state index in [1.807, 2.05) is 39.0 Å². The van der Waals surface area contributed by atoms with Gasteiger partial charge in [0.05, 0.1) is 11.0 Å². The number of aromatic nitrogens is 2. The summed E-state index contributed by atoms with van der Waals surface area (Å²) < 4.78 is 14.0. The van der Waals surface area contributed by atoms with Gasteiger partial charge in [-0.15, -0.1) is 0 Å². The van der Waals surface area contributed by atoms with Crippen molar-refractivity contribution in [1.29, 1.82) is 0 Å². The van der Waals surface area contributed by atoms with Gasteiger partial charge in [-0.2, -0.15) is 0 Å². The Morgan fingerprint density at radius 2 is 1.77 bits per heavy atom. The number of hydrogen-bond donors (Lipinski definition) is 0. The maximum Gasteiger partial charge on any atom is 0.514 e. The number of hydrogen-bond acceptors (Lipinski definition) is 4. The largest absolute Gasteiger partial charge is 0.514 e. The highest BCUT2D eigenvalue weighted by Gasteiger charge is 2.20. The van der Waals surface area contributed by atoms with Crippen LogP contribution in [0.2, 0.25) is 0 Å². The fraction of sp³-hybridized carbons (Fsp3) is 0.310. The van der Waals surface area contributed by atoms with Gasteiger partial charge in [0.1, 0.15) is 17.2 Å². The van der Waals surface area contributed by atoms with Crippen LogP contribution in [-0.2, 0) is 17.7 Å².